The number of rotatable bonds is 5. The monoisotopic (exact) mass is 366 g/mol. The summed E-state index contributed by atoms with van der Waals surface area (Å²) in [5.74, 6) is 0. The van der Waals surface area contributed by atoms with Gasteiger partial charge in [0.1, 0.15) is 0 Å². The van der Waals surface area contributed by atoms with Gasteiger partial charge in [-0.05, 0) is 42.4 Å². The van der Waals surface area contributed by atoms with Gasteiger partial charge in [-0.25, -0.2) is 0 Å². The van der Waals surface area contributed by atoms with Crippen LogP contribution in [0.1, 0.15) is 24.5 Å². The molecule has 0 amide bonds. The number of alkyl halides is 2. The summed E-state index contributed by atoms with van der Waals surface area (Å²) < 4.78 is 0. The molecule has 1 rings (SSSR count). The van der Waals surface area contributed by atoms with E-state index in [4.69, 9.17) is 11.6 Å². The topological polar surface area (TPSA) is 0 Å². The second-order valence-electron chi connectivity index (χ2n) is 4.39. The lowest BCUT2D eigenvalue weighted by Gasteiger charge is -2.29. The molecule has 0 radical (unpaired) electrons. The van der Waals surface area contributed by atoms with Crippen molar-refractivity contribution in [3.8, 4) is 0 Å². The molecule has 0 aliphatic carbocycles. The minimum absolute atomic E-state index is 0.263. The van der Waals surface area contributed by atoms with Crippen LogP contribution in [0.15, 0.2) is 18.2 Å². The van der Waals surface area contributed by atoms with Crippen LogP contribution in [0.5, 0.6) is 0 Å². The highest BCUT2D eigenvalue weighted by atomic mass is 79.9. The van der Waals surface area contributed by atoms with E-state index in [2.05, 4.69) is 57.8 Å². The number of hydrogen-bond donors (Lipinski definition) is 0. The van der Waals surface area contributed by atoms with Gasteiger partial charge in [0, 0.05) is 15.7 Å². The summed E-state index contributed by atoms with van der Waals surface area (Å²) in [6.45, 7) is 4.29. The molecule has 1 aromatic carbocycles. The first-order chi connectivity index (χ1) is 7.56. The first kappa shape index (κ1) is 14.5. The zero-order valence-corrected chi connectivity index (χ0v) is 13.6. The molecule has 16 heavy (non-hydrogen) atoms. The van der Waals surface area contributed by atoms with Gasteiger partial charge in [-0.2, -0.15) is 0 Å². The van der Waals surface area contributed by atoms with Gasteiger partial charge in [-0.15, -0.1) is 0 Å². The Morgan fingerprint density at radius 3 is 2.31 bits per heavy atom. The molecule has 0 unspecified atom stereocenters. The van der Waals surface area contributed by atoms with Crippen molar-refractivity contribution in [1.29, 1.82) is 0 Å². The van der Waals surface area contributed by atoms with Gasteiger partial charge in [0.2, 0.25) is 0 Å². The normalized spacial score (nSPS) is 11.8. The number of hydrogen-bond acceptors (Lipinski definition) is 0. The molecule has 0 fully saturated rings. The van der Waals surface area contributed by atoms with Gasteiger partial charge in [0.25, 0.3) is 0 Å². The van der Waals surface area contributed by atoms with Crippen molar-refractivity contribution in [1.82, 2.24) is 0 Å². The molecule has 0 aliphatic heterocycles. The fourth-order valence-electron chi connectivity index (χ4n) is 1.64. The van der Waals surface area contributed by atoms with Gasteiger partial charge >= 0.3 is 0 Å². The van der Waals surface area contributed by atoms with Crippen LogP contribution in [-0.4, -0.2) is 10.7 Å². The van der Waals surface area contributed by atoms with Crippen molar-refractivity contribution in [2.45, 2.75) is 26.7 Å². The Bertz CT molecular complexity index is 338. The molecule has 0 spiro atoms. The Morgan fingerprint density at radius 1 is 1.25 bits per heavy atom. The van der Waals surface area contributed by atoms with E-state index in [1.165, 1.54) is 11.1 Å². The van der Waals surface area contributed by atoms with Crippen molar-refractivity contribution < 1.29 is 0 Å². The zero-order chi connectivity index (χ0) is 12.2. The average Bonchev–Trinajstić information content (AvgIpc) is 2.29. The van der Waals surface area contributed by atoms with Crippen LogP contribution in [0.3, 0.4) is 0 Å². The molecule has 0 bridgehead atoms. The van der Waals surface area contributed by atoms with Crippen molar-refractivity contribution in [3.63, 3.8) is 0 Å². The third-order valence-corrected chi connectivity index (χ3v) is 5.82. The Balaban J connectivity index is 2.93. The molecule has 0 N–H and O–H groups in total. The Hall–Kier alpha value is 0.470. The highest BCUT2D eigenvalue weighted by Gasteiger charge is 2.26. The quantitative estimate of drug-likeness (QED) is 0.612. The lowest BCUT2D eigenvalue weighted by molar-refractivity contribution is 0.374. The van der Waals surface area contributed by atoms with E-state index in [0.717, 1.165) is 28.5 Å². The molecule has 90 valence electrons. The fourth-order valence-corrected chi connectivity index (χ4v) is 4.06. The van der Waals surface area contributed by atoms with Crippen molar-refractivity contribution in [2.75, 3.05) is 10.7 Å². The SMILES string of the molecule is CCC(CBr)(CBr)Cc1ccc(C)cc1Cl. The van der Waals surface area contributed by atoms with E-state index < -0.39 is 0 Å². The van der Waals surface area contributed by atoms with Crippen molar-refractivity contribution in [3.05, 3.63) is 34.3 Å². The Labute approximate surface area is 120 Å². The molecule has 1 aromatic rings. The van der Waals surface area contributed by atoms with E-state index in [-0.39, 0.29) is 5.41 Å². The maximum Gasteiger partial charge on any atom is 0.0440 e. The predicted octanol–water partition coefficient (Wildman–Crippen LogP) is 5.38. The van der Waals surface area contributed by atoms with E-state index in [1.54, 1.807) is 0 Å². The second-order valence-corrected chi connectivity index (χ2v) is 5.92. The molecule has 0 aromatic heterocycles. The fraction of sp³-hybridized carbons (Fsp3) is 0.538. The summed E-state index contributed by atoms with van der Waals surface area (Å²) >= 11 is 13.5. The summed E-state index contributed by atoms with van der Waals surface area (Å²) in [5.41, 5.74) is 2.72. The third-order valence-electron chi connectivity index (χ3n) is 3.09. The van der Waals surface area contributed by atoms with Gasteiger partial charge in [0.05, 0.1) is 0 Å². The van der Waals surface area contributed by atoms with E-state index >= 15 is 0 Å². The van der Waals surface area contributed by atoms with Crippen LogP contribution >= 0.6 is 43.5 Å². The maximum atomic E-state index is 6.28. The Morgan fingerprint density at radius 2 is 1.88 bits per heavy atom. The summed E-state index contributed by atoms with van der Waals surface area (Å²) in [5, 5.41) is 2.87. The van der Waals surface area contributed by atoms with Crippen LogP contribution in [0, 0.1) is 12.3 Å². The average molecular weight is 369 g/mol. The molecule has 0 aliphatic rings. The lowest BCUT2D eigenvalue weighted by atomic mass is 9.83. The van der Waals surface area contributed by atoms with E-state index in [0.29, 0.717) is 0 Å². The molecular formula is C13H17Br2Cl. The number of aryl methyl sites for hydroxylation is 1. The van der Waals surface area contributed by atoms with Gasteiger partial charge < -0.3 is 0 Å². The van der Waals surface area contributed by atoms with Gasteiger partial charge in [-0.3, -0.25) is 0 Å². The first-order valence-corrected chi connectivity index (χ1v) is 8.06. The predicted molar refractivity (Wildman–Crippen MR) is 80.2 cm³/mol. The summed E-state index contributed by atoms with van der Waals surface area (Å²) in [4.78, 5) is 0. The standard InChI is InChI=1S/C13H17Br2Cl/c1-3-13(8-14,9-15)7-11-5-4-10(2)6-12(11)16/h4-6H,3,7-9H2,1-2H3. The lowest BCUT2D eigenvalue weighted by Crippen LogP contribution is -2.26. The minimum Gasteiger partial charge on any atom is -0.0922 e. The molecule has 0 atom stereocenters. The van der Waals surface area contributed by atoms with Crippen LogP contribution < -0.4 is 0 Å². The van der Waals surface area contributed by atoms with Gasteiger partial charge in [-0.1, -0.05) is 62.5 Å². The molecule has 0 saturated carbocycles. The highest BCUT2D eigenvalue weighted by molar-refractivity contribution is 9.09. The Kier molecular flexibility index (Phi) is 5.83. The first-order valence-electron chi connectivity index (χ1n) is 5.44. The molecular weight excluding hydrogens is 351 g/mol. The second kappa shape index (κ2) is 6.42. The van der Waals surface area contributed by atoms with Gasteiger partial charge in [0.15, 0.2) is 0 Å². The van der Waals surface area contributed by atoms with Crippen molar-refractivity contribution >= 4 is 43.5 Å². The summed E-state index contributed by atoms with van der Waals surface area (Å²) in [6.07, 6.45) is 2.15. The van der Waals surface area contributed by atoms with Crippen LogP contribution in [-0.2, 0) is 6.42 Å². The number of benzene rings is 1. The highest BCUT2D eigenvalue weighted by Crippen LogP contribution is 2.34. The van der Waals surface area contributed by atoms with Crippen LogP contribution in [0.4, 0.5) is 0 Å². The molecule has 0 heterocycles. The number of halogens is 3. The maximum absolute atomic E-state index is 6.28. The molecule has 3 heteroatoms. The van der Waals surface area contributed by atoms with Crippen LogP contribution in [0.25, 0.3) is 0 Å². The zero-order valence-electron chi connectivity index (χ0n) is 9.69. The molecule has 0 saturated heterocycles. The van der Waals surface area contributed by atoms with Crippen molar-refractivity contribution in [2.24, 2.45) is 5.41 Å². The summed E-state index contributed by atoms with van der Waals surface area (Å²) in [6, 6.07) is 6.32. The van der Waals surface area contributed by atoms with Crippen LogP contribution in [0.2, 0.25) is 5.02 Å². The molecule has 0 nitrogen and oxygen atoms in total. The largest absolute Gasteiger partial charge is 0.0922 e. The smallest absolute Gasteiger partial charge is 0.0440 e. The summed E-state index contributed by atoms with van der Waals surface area (Å²) in [7, 11) is 0. The van der Waals surface area contributed by atoms with E-state index in [9.17, 15) is 0 Å². The minimum atomic E-state index is 0.263. The third kappa shape index (κ3) is 3.48. The van der Waals surface area contributed by atoms with E-state index in [1.807, 2.05) is 6.07 Å².